The Labute approximate surface area is 111 Å². The van der Waals surface area contributed by atoms with E-state index in [1.807, 2.05) is 0 Å². The van der Waals surface area contributed by atoms with E-state index >= 15 is 0 Å². The molecule has 117 valence electrons. The normalized spacial score (nSPS) is 5.05. The second-order valence-corrected chi connectivity index (χ2v) is 0.894. The molecule has 0 saturated carbocycles. The summed E-state index contributed by atoms with van der Waals surface area (Å²) in [5.41, 5.74) is 0. The summed E-state index contributed by atoms with van der Waals surface area (Å²) in [7, 11) is 0. The van der Waals surface area contributed by atoms with Crippen molar-refractivity contribution < 1.29 is 42.9 Å². The van der Waals surface area contributed by atoms with Crippen LogP contribution in [0.2, 0.25) is 0 Å². The molecule has 0 heterocycles. The van der Waals surface area contributed by atoms with Gasteiger partial charge in [-0.25, -0.2) is 0 Å². The topological polar surface area (TPSA) is 333 Å². The molecule has 0 spiro atoms. The molecule has 0 fully saturated rings. The Morgan fingerprint density at radius 2 is 0.474 bits per heavy atom. The molecule has 19 heteroatoms. The van der Waals surface area contributed by atoms with E-state index in [4.69, 9.17) is 61.3 Å². The molecule has 0 aromatic heterocycles. The Kier molecular flexibility index (Phi) is 84.2. The van der Waals surface area contributed by atoms with Crippen molar-refractivity contribution in [2.75, 3.05) is 0 Å². The average molecular weight is 340 g/mol. The van der Waals surface area contributed by atoms with E-state index < -0.39 is 20.3 Å². The molecule has 0 aromatic carbocycles. The molecule has 0 rings (SSSR count). The zero-order valence-corrected chi connectivity index (χ0v) is 9.65. The number of rotatable bonds is 0. The minimum absolute atomic E-state index is 0. The number of hydrogen-bond donors (Lipinski definition) is 1. The van der Waals surface area contributed by atoms with Crippen molar-refractivity contribution >= 4 is 0 Å². The monoisotopic (exact) mass is 340 g/mol. The fourth-order valence-corrected chi connectivity index (χ4v) is 0. The molecule has 0 aliphatic heterocycles. The minimum atomic E-state index is -1.75. The fourth-order valence-electron chi connectivity index (χ4n) is 0. The molecule has 19 heavy (non-hydrogen) atoms. The number of quaternary nitrogens is 1. The Hall–Kier alpha value is -2.76. The maximum absolute atomic E-state index is 8.25. The molecule has 0 saturated heterocycles. The largest absolute Gasteiger partial charge is 3.00 e. The van der Waals surface area contributed by atoms with Gasteiger partial charge in [0.05, 0.1) is 20.3 Å². The van der Waals surface area contributed by atoms with Gasteiger partial charge in [-0.2, -0.15) is 0 Å². The van der Waals surface area contributed by atoms with Crippen molar-refractivity contribution in [2.45, 2.75) is 0 Å². The summed E-state index contributed by atoms with van der Waals surface area (Å²) in [5.74, 6) is 0. The van der Waals surface area contributed by atoms with Crippen LogP contribution < -0.4 is 6.15 Å². The molecule has 0 aliphatic carbocycles. The summed E-state index contributed by atoms with van der Waals surface area (Å²) < 4.78 is 0. The van der Waals surface area contributed by atoms with Crippen LogP contribution in [-0.4, -0.2) is 25.8 Å². The smallest absolute Gasteiger partial charge is 0.412 e. The van der Waals surface area contributed by atoms with Crippen molar-refractivity contribution in [2.24, 2.45) is 0 Å². The molecule has 0 aliphatic rings. The maximum atomic E-state index is 8.25. The second kappa shape index (κ2) is 36.2. The van der Waals surface area contributed by atoms with Crippen LogP contribution in [0.3, 0.4) is 0 Å². The van der Waals surface area contributed by atoms with Gasteiger partial charge in [0.1, 0.15) is 0 Å². The molecule has 1 radical (unpaired) electrons. The zero-order chi connectivity index (χ0) is 14.3. The zero-order valence-electron chi connectivity index (χ0n) is 8.54. The SMILES string of the molecule is O.O=[N+]([O-])[O-].O=[N+]([O-])[O-].O=[N+]([O-])[O-].O=[N+]([O-])[O-].[Fe+3].[NH4+]. The van der Waals surface area contributed by atoms with Gasteiger partial charge >= 0.3 is 17.1 Å². The first kappa shape index (κ1) is 44.2. The average Bonchev–Trinajstić information content (AvgIpc) is 1.76. The molecule has 0 amide bonds. The third-order valence-electron chi connectivity index (χ3n) is 0. The molecule has 0 bridgehead atoms. The van der Waals surface area contributed by atoms with Gasteiger partial charge < -0.3 is 72.9 Å². The van der Waals surface area contributed by atoms with Crippen LogP contribution in [0.1, 0.15) is 0 Å². The summed E-state index contributed by atoms with van der Waals surface area (Å²) in [6, 6.07) is 0. The fraction of sp³-hybridized carbons (Fsp3) is 0. The summed E-state index contributed by atoms with van der Waals surface area (Å²) in [6.07, 6.45) is 0. The molecular formula is H6FeN5O13. The van der Waals surface area contributed by atoms with Crippen molar-refractivity contribution in [1.29, 1.82) is 0 Å². The Morgan fingerprint density at radius 1 is 0.474 bits per heavy atom. The van der Waals surface area contributed by atoms with Crippen LogP contribution >= 0.6 is 0 Å². The molecule has 6 N–H and O–H groups in total. The molecule has 18 nitrogen and oxygen atoms in total. The van der Waals surface area contributed by atoms with Gasteiger partial charge in [0.15, 0.2) is 0 Å². The van der Waals surface area contributed by atoms with Crippen LogP contribution in [0.25, 0.3) is 0 Å². The molecule has 0 unspecified atom stereocenters. The van der Waals surface area contributed by atoms with Crippen LogP contribution in [0.5, 0.6) is 0 Å². The molecule has 0 aromatic rings. The first-order valence-corrected chi connectivity index (χ1v) is 2.19. The van der Waals surface area contributed by atoms with Crippen LogP contribution in [0, 0.1) is 61.3 Å². The summed E-state index contributed by atoms with van der Waals surface area (Å²) in [6.45, 7) is 0. The standard InChI is InChI=1S/Fe.4NO3.H3N.H2O/c;4*2-1(3)4;;/h;;;;;1H3;1H2/q+3;4*-1;;/p+1. The first-order chi connectivity index (χ1) is 6.93. The van der Waals surface area contributed by atoms with Gasteiger partial charge in [0, 0.05) is 0 Å². The minimum Gasteiger partial charge on any atom is -0.412 e. The first-order valence-electron chi connectivity index (χ1n) is 2.19. The second-order valence-electron chi connectivity index (χ2n) is 0.894. The summed E-state index contributed by atoms with van der Waals surface area (Å²) >= 11 is 0. The van der Waals surface area contributed by atoms with E-state index in [-0.39, 0.29) is 28.7 Å². The van der Waals surface area contributed by atoms with E-state index in [1.165, 1.54) is 0 Å². The Balaban J connectivity index is -0.0000000192. The Bertz CT molecular complexity index is 161. The van der Waals surface area contributed by atoms with E-state index in [0.29, 0.717) is 0 Å². The van der Waals surface area contributed by atoms with Gasteiger partial charge in [-0.3, -0.25) is 0 Å². The van der Waals surface area contributed by atoms with Gasteiger partial charge in [-0.15, -0.1) is 0 Å². The van der Waals surface area contributed by atoms with E-state index in [2.05, 4.69) is 0 Å². The van der Waals surface area contributed by atoms with Gasteiger partial charge in [-0.05, 0) is 0 Å². The van der Waals surface area contributed by atoms with Gasteiger partial charge in [0.25, 0.3) is 0 Å². The number of nitrogens with zero attached hydrogens (tertiary/aromatic N) is 4. The van der Waals surface area contributed by atoms with Crippen LogP contribution in [0.15, 0.2) is 0 Å². The third-order valence-corrected chi connectivity index (χ3v) is 0. The quantitative estimate of drug-likeness (QED) is 0.301. The maximum Gasteiger partial charge on any atom is 3.00 e. The van der Waals surface area contributed by atoms with Gasteiger partial charge in [0.2, 0.25) is 0 Å². The van der Waals surface area contributed by atoms with Crippen LogP contribution in [0.4, 0.5) is 0 Å². The molecule has 0 atom stereocenters. The molecular weight excluding hydrogens is 334 g/mol. The van der Waals surface area contributed by atoms with Crippen molar-refractivity contribution in [1.82, 2.24) is 6.15 Å². The van der Waals surface area contributed by atoms with Crippen molar-refractivity contribution in [3.05, 3.63) is 61.3 Å². The summed E-state index contributed by atoms with van der Waals surface area (Å²) in [5, 5.41) is 59.0. The van der Waals surface area contributed by atoms with Crippen LogP contribution in [-0.2, 0) is 17.1 Å². The van der Waals surface area contributed by atoms with E-state index in [1.54, 1.807) is 0 Å². The van der Waals surface area contributed by atoms with Gasteiger partial charge in [-0.1, -0.05) is 0 Å². The predicted molar refractivity (Wildman–Crippen MR) is 51.0 cm³/mol. The van der Waals surface area contributed by atoms with E-state index in [9.17, 15) is 0 Å². The summed E-state index contributed by atoms with van der Waals surface area (Å²) in [4.78, 5) is 33.0. The number of hydrogen-bond acceptors (Lipinski definition) is 12. The van der Waals surface area contributed by atoms with Crippen molar-refractivity contribution in [3.8, 4) is 0 Å². The van der Waals surface area contributed by atoms with Crippen molar-refractivity contribution in [3.63, 3.8) is 0 Å². The third kappa shape index (κ3) is 351. The Morgan fingerprint density at radius 3 is 0.474 bits per heavy atom. The predicted octanol–water partition coefficient (Wildman–Crippen LogP) is -1.41. The van der Waals surface area contributed by atoms with E-state index in [0.717, 1.165) is 0 Å².